The molecule has 1 aliphatic rings. The molecule has 3 nitrogen and oxygen atoms in total. The van der Waals surface area contributed by atoms with E-state index in [2.05, 4.69) is 5.32 Å². The van der Waals surface area contributed by atoms with Crippen molar-refractivity contribution in [3.05, 3.63) is 29.8 Å². The van der Waals surface area contributed by atoms with Gasteiger partial charge in [0.1, 0.15) is 5.75 Å². The Morgan fingerprint density at radius 3 is 2.64 bits per heavy atom. The van der Waals surface area contributed by atoms with Gasteiger partial charge in [0.2, 0.25) is 5.56 Å². The number of ether oxygens (including phenoxy) is 1. The molecule has 0 bridgehead atoms. The SMILES string of the molecule is Oc1ccc(NC2CCO[C]2Cl)cc1. The van der Waals surface area contributed by atoms with Crippen LogP contribution in [0.1, 0.15) is 6.42 Å². The van der Waals surface area contributed by atoms with Crippen molar-refractivity contribution < 1.29 is 9.84 Å². The summed E-state index contributed by atoms with van der Waals surface area (Å²) >= 11 is 5.84. The van der Waals surface area contributed by atoms with Gasteiger partial charge in [-0.25, -0.2) is 0 Å². The van der Waals surface area contributed by atoms with E-state index in [1.807, 2.05) is 0 Å². The fourth-order valence-electron chi connectivity index (χ4n) is 1.38. The minimum Gasteiger partial charge on any atom is -0.508 e. The van der Waals surface area contributed by atoms with Gasteiger partial charge in [0, 0.05) is 5.69 Å². The highest BCUT2D eigenvalue weighted by atomic mass is 35.5. The number of anilines is 1. The number of hydrogen-bond acceptors (Lipinski definition) is 3. The molecule has 0 amide bonds. The summed E-state index contributed by atoms with van der Waals surface area (Å²) in [5.41, 5.74) is 1.44. The monoisotopic (exact) mass is 212 g/mol. The molecule has 0 aliphatic carbocycles. The first-order valence-electron chi connectivity index (χ1n) is 4.46. The summed E-state index contributed by atoms with van der Waals surface area (Å²) in [6, 6.07) is 6.94. The third kappa shape index (κ3) is 2.11. The van der Waals surface area contributed by atoms with E-state index in [0.29, 0.717) is 12.2 Å². The largest absolute Gasteiger partial charge is 0.508 e. The Morgan fingerprint density at radius 1 is 1.36 bits per heavy atom. The molecule has 0 aromatic heterocycles. The third-order valence-electron chi connectivity index (χ3n) is 2.13. The lowest BCUT2D eigenvalue weighted by molar-refractivity contribution is 0.235. The number of nitrogens with one attached hydrogen (secondary N) is 1. The second-order valence-corrected chi connectivity index (χ2v) is 3.56. The minimum atomic E-state index is 0.0706. The molecule has 2 N–H and O–H groups in total. The van der Waals surface area contributed by atoms with E-state index in [4.69, 9.17) is 21.4 Å². The first kappa shape index (κ1) is 9.62. The summed E-state index contributed by atoms with van der Waals surface area (Å²) in [5, 5.41) is 12.3. The zero-order valence-corrected chi connectivity index (χ0v) is 8.29. The fraction of sp³-hybridized carbons (Fsp3) is 0.300. The summed E-state index contributed by atoms with van der Waals surface area (Å²) < 4.78 is 5.13. The van der Waals surface area contributed by atoms with E-state index in [0.717, 1.165) is 12.1 Å². The van der Waals surface area contributed by atoms with Gasteiger partial charge < -0.3 is 15.2 Å². The fourth-order valence-corrected chi connectivity index (χ4v) is 1.62. The maximum atomic E-state index is 9.09. The number of aromatic hydroxyl groups is 1. The molecule has 1 unspecified atom stereocenters. The minimum absolute atomic E-state index is 0.0706. The van der Waals surface area contributed by atoms with Crippen molar-refractivity contribution in [3.63, 3.8) is 0 Å². The molecule has 75 valence electrons. The molecule has 14 heavy (non-hydrogen) atoms. The number of hydrogen-bond donors (Lipinski definition) is 2. The number of phenolic OH excluding ortho intramolecular Hbond substituents is 1. The smallest absolute Gasteiger partial charge is 0.206 e. The van der Waals surface area contributed by atoms with Gasteiger partial charge in [-0.2, -0.15) is 0 Å². The Labute approximate surface area is 87.6 Å². The molecule has 1 saturated heterocycles. The van der Waals surface area contributed by atoms with Gasteiger partial charge in [-0.05, 0) is 30.7 Å². The van der Waals surface area contributed by atoms with Crippen LogP contribution >= 0.6 is 11.6 Å². The van der Waals surface area contributed by atoms with Crippen molar-refractivity contribution in [1.29, 1.82) is 0 Å². The Morgan fingerprint density at radius 2 is 2.07 bits per heavy atom. The van der Waals surface area contributed by atoms with E-state index in [1.165, 1.54) is 0 Å². The van der Waals surface area contributed by atoms with E-state index in [-0.39, 0.29) is 11.8 Å². The van der Waals surface area contributed by atoms with Crippen molar-refractivity contribution >= 4 is 17.3 Å². The van der Waals surface area contributed by atoms with Crippen LogP contribution in [0.4, 0.5) is 5.69 Å². The van der Waals surface area contributed by atoms with Crippen molar-refractivity contribution in [2.45, 2.75) is 12.5 Å². The Balaban J connectivity index is 2.00. The Kier molecular flexibility index (Phi) is 2.79. The van der Waals surface area contributed by atoms with E-state index in [1.54, 1.807) is 24.3 Å². The molecular weight excluding hydrogens is 202 g/mol. The van der Waals surface area contributed by atoms with Crippen molar-refractivity contribution in [3.8, 4) is 5.75 Å². The van der Waals surface area contributed by atoms with Crippen molar-refractivity contribution in [2.24, 2.45) is 0 Å². The molecule has 1 aromatic rings. The predicted octanol–water partition coefficient (Wildman–Crippen LogP) is 2.32. The van der Waals surface area contributed by atoms with Gasteiger partial charge in [0.25, 0.3) is 0 Å². The van der Waals surface area contributed by atoms with Crippen LogP contribution in [0.3, 0.4) is 0 Å². The topological polar surface area (TPSA) is 41.5 Å². The molecule has 1 radical (unpaired) electrons. The van der Waals surface area contributed by atoms with Crippen LogP contribution < -0.4 is 5.32 Å². The average molecular weight is 213 g/mol. The van der Waals surface area contributed by atoms with Crippen LogP contribution in [0.25, 0.3) is 0 Å². The summed E-state index contributed by atoms with van der Waals surface area (Å²) in [5.74, 6) is 0.258. The van der Waals surface area contributed by atoms with Gasteiger partial charge in [-0.15, -0.1) is 0 Å². The lowest BCUT2D eigenvalue weighted by Gasteiger charge is -2.14. The maximum absolute atomic E-state index is 9.09. The van der Waals surface area contributed by atoms with Crippen LogP contribution in [0.15, 0.2) is 24.3 Å². The van der Waals surface area contributed by atoms with Gasteiger partial charge in [-0.3, -0.25) is 0 Å². The number of rotatable bonds is 2. The van der Waals surface area contributed by atoms with E-state index in [9.17, 15) is 0 Å². The first-order chi connectivity index (χ1) is 6.75. The molecule has 1 atom stereocenters. The lowest BCUT2D eigenvalue weighted by Crippen LogP contribution is -2.19. The zero-order valence-electron chi connectivity index (χ0n) is 7.53. The molecular formula is C10H11ClNO2. The predicted molar refractivity (Wildman–Crippen MR) is 55.2 cm³/mol. The normalized spacial score (nSPS) is 22.5. The maximum Gasteiger partial charge on any atom is 0.206 e. The Hall–Kier alpha value is -0.930. The zero-order chi connectivity index (χ0) is 9.97. The van der Waals surface area contributed by atoms with Crippen molar-refractivity contribution in [1.82, 2.24) is 0 Å². The highest BCUT2D eigenvalue weighted by Crippen LogP contribution is 2.27. The quantitative estimate of drug-likeness (QED) is 0.740. The van der Waals surface area contributed by atoms with Gasteiger partial charge in [-0.1, -0.05) is 11.6 Å². The molecule has 1 aromatic carbocycles. The molecule has 1 fully saturated rings. The third-order valence-corrected chi connectivity index (χ3v) is 2.50. The lowest BCUT2D eigenvalue weighted by atomic mass is 10.2. The number of benzene rings is 1. The van der Waals surface area contributed by atoms with Gasteiger partial charge >= 0.3 is 0 Å². The second-order valence-electron chi connectivity index (χ2n) is 3.19. The van der Waals surface area contributed by atoms with E-state index < -0.39 is 0 Å². The van der Waals surface area contributed by atoms with Crippen LogP contribution in [0.5, 0.6) is 5.75 Å². The van der Waals surface area contributed by atoms with Crippen LogP contribution in [-0.4, -0.2) is 17.8 Å². The average Bonchev–Trinajstić information content (AvgIpc) is 2.56. The molecule has 1 heterocycles. The van der Waals surface area contributed by atoms with Crippen LogP contribution in [-0.2, 0) is 4.74 Å². The van der Waals surface area contributed by atoms with Crippen molar-refractivity contribution in [2.75, 3.05) is 11.9 Å². The molecule has 4 heteroatoms. The molecule has 1 aliphatic heterocycles. The number of phenols is 1. The van der Waals surface area contributed by atoms with Crippen LogP contribution in [0, 0.1) is 5.56 Å². The van der Waals surface area contributed by atoms with Crippen LogP contribution in [0.2, 0.25) is 0 Å². The highest BCUT2D eigenvalue weighted by molar-refractivity contribution is 6.26. The first-order valence-corrected chi connectivity index (χ1v) is 4.84. The summed E-state index contributed by atoms with van der Waals surface area (Å²) in [4.78, 5) is 0. The summed E-state index contributed by atoms with van der Waals surface area (Å²) in [6.07, 6.45) is 0.875. The summed E-state index contributed by atoms with van der Waals surface area (Å²) in [6.45, 7) is 0.661. The summed E-state index contributed by atoms with van der Waals surface area (Å²) in [7, 11) is 0. The van der Waals surface area contributed by atoms with E-state index >= 15 is 0 Å². The number of halogens is 1. The highest BCUT2D eigenvalue weighted by Gasteiger charge is 2.27. The van der Waals surface area contributed by atoms with Gasteiger partial charge in [0.15, 0.2) is 0 Å². The molecule has 0 spiro atoms. The Bertz CT molecular complexity index is 301. The molecule has 2 rings (SSSR count). The standard InChI is InChI=1S/C10H11ClNO2/c11-10-9(5-6-14-10)12-7-1-3-8(13)4-2-7/h1-4,9,12-13H,5-6H2. The second kappa shape index (κ2) is 4.07. The van der Waals surface area contributed by atoms with Gasteiger partial charge in [0.05, 0.1) is 12.6 Å². The molecule has 0 saturated carbocycles.